The van der Waals surface area contributed by atoms with Crippen molar-refractivity contribution in [3.63, 3.8) is 0 Å². The Morgan fingerprint density at radius 3 is 2.93 bits per heavy atom. The van der Waals surface area contributed by atoms with Gasteiger partial charge in [-0.3, -0.25) is 14.9 Å². The molecular formula is C17H17N5O4S3. The maximum absolute atomic E-state index is 12.2. The van der Waals surface area contributed by atoms with Crippen molar-refractivity contribution in [2.45, 2.75) is 10.8 Å². The van der Waals surface area contributed by atoms with Crippen LogP contribution in [-0.4, -0.2) is 40.4 Å². The normalized spacial score (nSPS) is 10.5. The monoisotopic (exact) mass is 451 g/mol. The van der Waals surface area contributed by atoms with Crippen molar-refractivity contribution in [1.82, 2.24) is 10.2 Å². The number of benzene rings is 1. The predicted octanol–water partition coefficient (Wildman–Crippen LogP) is 3.90. The van der Waals surface area contributed by atoms with E-state index in [0.29, 0.717) is 15.2 Å². The van der Waals surface area contributed by atoms with Gasteiger partial charge in [0.1, 0.15) is 11.4 Å². The van der Waals surface area contributed by atoms with E-state index in [9.17, 15) is 14.9 Å². The minimum atomic E-state index is -0.565. The number of ether oxygens (including phenoxy) is 1. The molecule has 0 aliphatic carbocycles. The van der Waals surface area contributed by atoms with Gasteiger partial charge in [-0.25, -0.2) is 0 Å². The van der Waals surface area contributed by atoms with E-state index in [2.05, 4.69) is 26.9 Å². The molecule has 12 heteroatoms. The molecule has 0 saturated heterocycles. The number of thioether (sulfide) groups is 1. The number of thiophene rings is 1. The maximum atomic E-state index is 12.2. The van der Waals surface area contributed by atoms with Crippen molar-refractivity contribution in [3.05, 3.63) is 50.7 Å². The van der Waals surface area contributed by atoms with E-state index in [1.807, 2.05) is 11.4 Å². The largest absolute Gasteiger partial charge is 0.496 e. The van der Waals surface area contributed by atoms with Gasteiger partial charge in [-0.1, -0.05) is 29.2 Å². The second-order valence-electron chi connectivity index (χ2n) is 5.61. The summed E-state index contributed by atoms with van der Waals surface area (Å²) in [5.74, 6) is 0.0372. The Balaban J connectivity index is 1.48. The fraction of sp³-hybridized carbons (Fsp3) is 0.235. The molecule has 152 valence electrons. The van der Waals surface area contributed by atoms with Crippen molar-refractivity contribution < 1.29 is 14.5 Å². The summed E-state index contributed by atoms with van der Waals surface area (Å²) in [5, 5.41) is 27.8. The number of hydrogen-bond donors (Lipinski definition) is 2. The van der Waals surface area contributed by atoms with Gasteiger partial charge in [0, 0.05) is 11.4 Å². The summed E-state index contributed by atoms with van der Waals surface area (Å²) >= 11 is 4.29. The van der Waals surface area contributed by atoms with Crippen LogP contribution in [0.1, 0.15) is 4.88 Å². The zero-order valence-corrected chi connectivity index (χ0v) is 17.7. The van der Waals surface area contributed by atoms with Crippen LogP contribution in [0.3, 0.4) is 0 Å². The molecule has 0 unspecified atom stereocenters. The molecule has 2 heterocycles. The number of nitrogens with one attached hydrogen (secondary N) is 2. The van der Waals surface area contributed by atoms with Crippen molar-refractivity contribution in [2.75, 3.05) is 30.0 Å². The van der Waals surface area contributed by atoms with E-state index < -0.39 is 4.92 Å². The molecule has 2 aromatic heterocycles. The van der Waals surface area contributed by atoms with Crippen molar-refractivity contribution >= 4 is 56.8 Å². The van der Waals surface area contributed by atoms with E-state index in [4.69, 9.17) is 4.74 Å². The van der Waals surface area contributed by atoms with Gasteiger partial charge < -0.3 is 15.4 Å². The lowest BCUT2D eigenvalue weighted by Gasteiger charge is -2.07. The maximum Gasteiger partial charge on any atom is 0.296 e. The number of methoxy groups -OCH3 is 1. The molecule has 0 aliphatic rings. The van der Waals surface area contributed by atoms with Crippen molar-refractivity contribution in [1.29, 1.82) is 0 Å². The fourth-order valence-electron chi connectivity index (χ4n) is 2.30. The van der Waals surface area contributed by atoms with Gasteiger partial charge in [0.25, 0.3) is 5.69 Å². The Bertz CT molecular complexity index is 977. The summed E-state index contributed by atoms with van der Waals surface area (Å²) in [6.07, 6.45) is 0.906. The highest BCUT2D eigenvalue weighted by molar-refractivity contribution is 8.01. The van der Waals surface area contributed by atoms with Crippen LogP contribution in [0.5, 0.6) is 5.75 Å². The van der Waals surface area contributed by atoms with Crippen molar-refractivity contribution in [3.8, 4) is 5.75 Å². The molecule has 0 spiro atoms. The molecule has 0 aliphatic heterocycles. The van der Waals surface area contributed by atoms with Gasteiger partial charge in [-0.2, -0.15) is 0 Å². The van der Waals surface area contributed by atoms with Crippen LogP contribution in [-0.2, 0) is 11.2 Å². The third-order valence-electron chi connectivity index (χ3n) is 3.64. The lowest BCUT2D eigenvalue weighted by Crippen LogP contribution is -2.15. The molecule has 0 bridgehead atoms. The molecule has 0 radical (unpaired) electrons. The van der Waals surface area contributed by atoms with E-state index >= 15 is 0 Å². The molecule has 0 atom stereocenters. The molecule has 29 heavy (non-hydrogen) atoms. The number of amides is 1. The number of carbonyl (C=O) groups excluding carboxylic acids is 1. The molecular weight excluding hydrogens is 434 g/mol. The first-order chi connectivity index (χ1) is 14.0. The highest BCUT2D eigenvalue weighted by atomic mass is 32.2. The number of nitro benzene ring substituents is 1. The minimum absolute atomic E-state index is 0.0625. The molecule has 3 rings (SSSR count). The topological polar surface area (TPSA) is 119 Å². The Labute approximate surface area is 178 Å². The number of nitrogens with zero attached hydrogens (tertiary/aromatic N) is 3. The summed E-state index contributed by atoms with van der Waals surface area (Å²) < 4.78 is 5.62. The van der Waals surface area contributed by atoms with E-state index in [-0.39, 0.29) is 23.0 Å². The zero-order chi connectivity index (χ0) is 20.6. The smallest absolute Gasteiger partial charge is 0.296 e. The average molecular weight is 452 g/mol. The number of aromatic nitrogens is 2. The first-order valence-electron chi connectivity index (χ1n) is 8.40. The lowest BCUT2D eigenvalue weighted by atomic mass is 10.2. The van der Waals surface area contributed by atoms with Crippen LogP contribution < -0.4 is 15.4 Å². The lowest BCUT2D eigenvalue weighted by molar-refractivity contribution is -0.384. The highest BCUT2D eigenvalue weighted by Gasteiger charge is 2.17. The van der Waals surface area contributed by atoms with E-state index in [1.54, 1.807) is 17.4 Å². The first-order valence-corrected chi connectivity index (χ1v) is 11.1. The van der Waals surface area contributed by atoms with Gasteiger partial charge in [-0.15, -0.1) is 21.5 Å². The summed E-state index contributed by atoms with van der Waals surface area (Å²) in [7, 11) is 1.42. The van der Waals surface area contributed by atoms with Gasteiger partial charge in [0.15, 0.2) is 4.34 Å². The number of nitro groups is 1. The summed E-state index contributed by atoms with van der Waals surface area (Å²) in [4.78, 5) is 24.1. The highest BCUT2D eigenvalue weighted by Crippen LogP contribution is 2.30. The van der Waals surface area contributed by atoms with Gasteiger partial charge in [-0.05, 0) is 30.0 Å². The summed E-state index contributed by atoms with van der Waals surface area (Å²) in [6, 6.07) is 8.36. The van der Waals surface area contributed by atoms with Gasteiger partial charge >= 0.3 is 0 Å². The second kappa shape index (κ2) is 10.2. The molecule has 0 saturated carbocycles. The minimum Gasteiger partial charge on any atom is -0.496 e. The third-order valence-corrected chi connectivity index (χ3v) is 6.59. The van der Waals surface area contributed by atoms with Crippen LogP contribution in [0.15, 0.2) is 40.1 Å². The van der Waals surface area contributed by atoms with Gasteiger partial charge in [0.05, 0.1) is 23.9 Å². The standard InChI is InChI=1S/C17H17N5O4S3/c1-26-11-4-5-13(14(9-11)22(24)25)19-15(23)10-28-17-21-20-16(29-17)18-7-6-12-3-2-8-27-12/h2-5,8-9H,6-7,10H2,1H3,(H,18,20)(H,19,23). The number of rotatable bonds is 10. The van der Waals surface area contributed by atoms with Crippen LogP contribution in [0.4, 0.5) is 16.5 Å². The Hall–Kier alpha value is -2.70. The Morgan fingerprint density at radius 1 is 1.34 bits per heavy atom. The summed E-state index contributed by atoms with van der Waals surface area (Å²) in [5.41, 5.74) is -0.106. The second-order valence-corrected chi connectivity index (χ2v) is 8.84. The molecule has 0 fully saturated rings. The zero-order valence-electron chi connectivity index (χ0n) is 15.3. The predicted molar refractivity (Wildman–Crippen MR) is 115 cm³/mol. The number of hydrogen-bond acceptors (Lipinski definition) is 10. The van der Waals surface area contributed by atoms with Crippen LogP contribution in [0.25, 0.3) is 0 Å². The average Bonchev–Trinajstić information content (AvgIpc) is 3.39. The van der Waals surface area contributed by atoms with Crippen LogP contribution in [0, 0.1) is 10.1 Å². The Kier molecular flexibility index (Phi) is 7.38. The Morgan fingerprint density at radius 2 is 2.21 bits per heavy atom. The molecule has 2 N–H and O–H groups in total. The first kappa shape index (κ1) is 21.0. The number of carbonyl (C=O) groups is 1. The molecule has 3 aromatic rings. The quantitative estimate of drug-likeness (QED) is 0.271. The fourth-order valence-corrected chi connectivity index (χ4v) is 4.58. The van der Waals surface area contributed by atoms with Gasteiger partial charge in [0.2, 0.25) is 11.0 Å². The van der Waals surface area contributed by atoms with Crippen LogP contribution >= 0.6 is 34.4 Å². The molecule has 9 nitrogen and oxygen atoms in total. The molecule has 1 amide bonds. The van der Waals surface area contributed by atoms with Crippen LogP contribution in [0.2, 0.25) is 0 Å². The SMILES string of the molecule is COc1ccc(NC(=O)CSc2nnc(NCCc3cccs3)s2)c([N+](=O)[O-])c1. The summed E-state index contributed by atoms with van der Waals surface area (Å²) in [6.45, 7) is 0.751. The number of anilines is 2. The van der Waals surface area contributed by atoms with E-state index in [0.717, 1.165) is 13.0 Å². The van der Waals surface area contributed by atoms with Crippen molar-refractivity contribution in [2.24, 2.45) is 0 Å². The molecule has 1 aromatic carbocycles. The van der Waals surface area contributed by atoms with E-state index in [1.165, 1.54) is 47.2 Å². The third kappa shape index (κ3) is 6.14.